The fraction of sp³-hybridized carbons (Fsp3) is 0. The molecule has 6 heteroatoms. The molecule has 0 aliphatic rings. The summed E-state index contributed by atoms with van der Waals surface area (Å²) >= 11 is 1.80. The Bertz CT molecular complexity index is 3100. The minimum Gasteiger partial charge on any atom is -0.291 e. The predicted octanol–water partition coefficient (Wildman–Crippen LogP) is 12.0. The Labute approximate surface area is 302 Å². The first kappa shape index (κ1) is 29.0. The number of pyridine rings is 1. The molecule has 11 rings (SSSR count). The summed E-state index contributed by atoms with van der Waals surface area (Å²) in [5, 5.41) is 7.13. The lowest BCUT2D eigenvalue weighted by Crippen LogP contribution is -2.00. The molecular weight excluding hydrogens is 655 g/mol. The van der Waals surface area contributed by atoms with Crippen molar-refractivity contribution in [3.63, 3.8) is 0 Å². The molecule has 4 aromatic heterocycles. The number of fused-ring (bicyclic) bond motifs is 9. The van der Waals surface area contributed by atoms with Crippen LogP contribution in [0.3, 0.4) is 0 Å². The van der Waals surface area contributed by atoms with Gasteiger partial charge in [0.2, 0.25) is 0 Å². The van der Waals surface area contributed by atoms with Gasteiger partial charge in [-0.3, -0.25) is 4.40 Å². The van der Waals surface area contributed by atoms with E-state index in [4.69, 9.17) is 19.9 Å². The van der Waals surface area contributed by atoms with Crippen LogP contribution in [0.15, 0.2) is 164 Å². The van der Waals surface area contributed by atoms with Gasteiger partial charge < -0.3 is 0 Å². The van der Waals surface area contributed by atoms with Crippen LogP contribution in [0.4, 0.5) is 0 Å². The van der Waals surface area contributed by atoms with E-state index in [1.807, 2.05) is 0 Å². The van der Waals surface area contributed by atoms with Crippen molar-refractivity contribution in [2.75, 3.05) is 0 Å². The van der Waals surface area contributed by atoms with Gasteiger partial charge in [-0.15, -0.1) is 11.3 Å². The molecule has 5 nitrogen and oxygen atoms in total. The highest BCUT2D eigenvalue weighted by atomic mass is 32.1. The number of nitrogens with zero attached hydrogens (tertiary/aromatic N) is 5. The first-order chi connectivity index (χ1) is 25.7. The van der Waals surface area contributed by atoms with E-state index in [2.05, 4.69) is 168 Å². The number of rotatable bonds is 4. The first-order valence-electron chi connectivity index (χ1n) is 17.3. The van der Waals surface area contributed by atoms with Crippen LogP contribution in [-0.2, 0) is 0 Å². The van der Waals surface area contributed by atoms with Gasteiger partial charge in [0.1, 0.15) is 0 Å². The fourth-order valence-electron chi connectivity index (χ4n) is 7.42. The van der Waals surface area contributed by atoms with Gasteiger partial charge in [0.15, 0.2) is 23.1 Å². The summed E-state index contributed by atoms with van der Waals surface area (Å²) in [6.45, 7) is 0. The third-order valence-electron chi connectivity index (χ3n) is 10.0. The van der Waals surface area contributed by atoms with E-state index >= 15 is 0 Å². The highest BCUT2D eigenvalue weighted by molar-refractivity contribution is 7.26. The van der Waals surface area contributed by atoms with Gasteiger partial charge in [-0.05, 0) is 63.5 Å². The quantitative estimate of drug-likeness (QED) is 0.185. The molecule has 52 heavy (non-hydrogen) atoms. The zero-order valence-electron chi connectivity index (χ0n) is 27.7. The summed E-state index contributed by atoms with van der Waals surface area (Å²) in [6, 6.07) is 57.4. The van der Waals surface area contributed by atoms with Gasteiger partial charge in [0.25, 0.3) is 0 Å². The van der Waals surface area contributed by atoms with Crippen LogP contribution in [0.25, 0.3) is 104 Å². The smallest absolute Gasteiger partial charge is 0.164 e. The Kier molecular flexibility index (Phi) is 6.35. The molecule has 0 aliphatic carbocycles. The van der Waals surface area contributed by atoms with Gasteiger partial charge in [0, 0.05) is 32.2 Å². The van der Waals surface area contributed by atoms with Crippen LogP contribution in [-0.4, -0.2) is 24.3 Å². The van der Waals surface area contributed by atoms with E-state index in [0.717, 1.165) is 55.4 Å². The van der Waals surface area contributed by atoms with Gasteiger partial charge in [-0.1, -0.05) is 127 Å². The van der Waals surface area contributed by atoms with E-state index in [0.29, 0.717) is 17.5 Å². The molecule has 4 heterocycles. The average molecular weight is 682 g/mol. The molecule has 0 atom stereocenters. The van der Waals surface area contributed by atoms with Crippen molar-refractivity contribution in [3.05, 3.63) is 164 Å². The molecular formula is C46H27N5S. The van der Waals surface area contributed by atoms with Crippen LogP contribution >= 0.6 is 11.3 Å². The van der Waals surface area contributed by atoms with E-state index in [1.54, 1.807) is 11.3 Å². The molecule has 0 saturated heterocycles. The third kappa shape index (κ3) is 4.62. The monoisotopic (exact) mass is 681 g/mol. The van der Waals surface area contributed by atoms with Crippen molar-refractivity contribution in [1.29, 1.82) is 0 Å². The Hall–Kier alpha value is -6.76. The maximum atomic E-state index is 5.15. The van der Waals surface area contributed by atoms with E-state index in [-0.39, 0.29) is 0 Å². The Morgan fingerprint density at radius 3 is 1.63 bits per heavy atom. The number of hydrogen-bond acceptors (Lipinski definition) is 5. The maximum absolute atomic E-state index is 5.15. The van der Waals surface area contributed by atoms with Crippen LogP contribution in [0.2, 0.25) is 0 Å². The highest BCUT2D eigenvalue weighted by Crippen LogP contribution is 2.40. The van der Waals surface area contributed by atoms with Crippen molar-refractivity contribution in [2.45, 2.75) is 0 Å². The number of imidazole rings is 1. The largest absolute Gasteiger partial charge is 0.291 e. The summed E-state index contributed by atoms with van der Waals surface area (Å²) in [5.74, 6) is 1.92. The molecule has 0 radical (unpaired) electrons. The number of thiophene rings is 1. The lowest BCUT2D eigenvalue weighted by Gasteiger charge is -2.11. The van der Waals surface area contributed by atoms with Crippen LogP contribution in [0, 0.1) is 0 Å². The second kappa shape index (κ2) is 11.4. The zero-order valence-corrected chi connectivity index (χ0v) is 28.5. The SMILES string of the molecule is c1ccc2cc(-c3nc(-c4ccc(-c5cc6c7ccccc7sc6c6nc7ccccc7n56)cc4)nc(-c4ccc5ccccc5c4)n3)ccc2c1. The summed E-state index contributed by atoms with van der Waals surface area (Å²) in [4.78, 5) is 20.4. The first-order valence-corrected chi connectivity index (χ1v) is 18.1. The van der Waals surface area contributed by atoms with E-state index in [9.17, 15) is 0 Å². The van der Waals surface area contributed by atoms with Crippen LogP contribution < -0.4 is 0 Å². The Morgan fingerprint density at radius 2 is 0.942 bits per heavy atom. The second-order valence-electron chi connectivity index (χ2n) is 13.1. The Morgan fingerprint density at radius 1 is 0.404 bits per heavy atom. The topological polar surface area (TPSA) is 56.0 Å². The standard InChI is InChI=1S/C46H27N5S/c1-3-11-32-25-34(23-17-28(32)9-1)44-48-43(49-45(50-44)35-24-18-29-10-2-4-12-33(29)26-35)31-21-19-30(20-22-31)40-27-37-36-13-5-8-16-41(36)52-42(37)46-47-38-14-6-7-15-39(38)51(40)46/h1-27H. The minimum absolute atomic E-state index is 0.630. The number of para-hydroxylation sites is 2. The zero-order chi connectivity index (χ0) is 34.2. The van der Waals surface area contributed by atoms with Crippen molar-refractivity contribution >= 4 is 69.7 Å². The van der Waals surface area contributed by atoms with Crippen molar-refractivity contribution in [3.8, 4) is 45.4 Å². The molecule has 0 saturated carbocycles. The summed E-state index contributed by atoms with van der Waals surface area (Å²) < 4.78 is 4.77. The van der Waals surface area contributed by atoms with E-state index in [1.165, 1.54) is 30.9 Å². The minimum atomic E-state index is 0.630. The van der Waals surface area contributed by atoms with Crippen molar-refractivity contribution in [1.82, 2.24) is 24.3 Å². The highest BCUT2D eigenvalue weighted by Gasteiger charge is 2.18. The molecule has 0 spiro atoms. The molecule has 11 aromatic rings. The third-order valence-corrected chi connectivity index (χ3v) is 11.2. The molecule has 242 valence electrons. The van der Waals surface area contributed by atoms with Gasteiger partial charge in [-0.25, -0.2) is 19.9 Å². The molecule has 0 N–H and O–H groups in total. The molecule has 0 unspecified atom stereocenters. The molecule has 0 fully saturated rings. The summed E-state index contributed by atoms with van der Waals surface area (Å²) in [6.07, 6.45) is 0. The van der Waals surface area contributed by atoms with Crippen LogP contribution in [0.1, 0.15) is 0 Å². The van der Waals surface area contributed by atoms with Gasteiger partial charge in [0.05, 0.1) is 21.4 Å². The predicted molar refractivity (Wildman–Crippen MR) is 216 cm³/mol. The molecule has 0 aliphatic heterocycles. The molecule has 0 bridgehead atoms. The molecule has 7 aromatic carbocycles. The average Bonchev–Trinajstić information content (AvgIpc) is 3.79. The van der Waals surface area contributed by atoms with Crippen molar-refractivity contribution in [2.24, 2.45) is 0 Å². The fourth-order valence-corrected chi connectivity index (χ4v) is 8.58. The Balaban J connectivity index is 1.09. The maximum Gasteiger partial charge on any atom is 0.164 e. The second-order valence-corrected chi connectivity index (χ2v) is 14.2. The van der Waals surface area contributed by atoms with Crippen molar-refractivity contribution < 1.29 is 0 Å². The van der Waals surface area contributed by atoms with Gasteiger partial charge >= 0.3 is 0 Å². The molecule has 0 amide bonds. The van der Waals surface area contributed by atoms with Gasteiger partial charge in [-0.2, -0.15) is 0 Å². The lowest BCUT2D eigenvalue weighted by molar-refractivity contribution is 1.07. The van der Waals surface area contributed by atoms with Crippen LogP contribution in [0.5, 0.6) is 0 Å². The normalized spacial score (nSPS) is 11.8. The summed E-state index contributed by atoms with van der Waals surface area (Å²) in [7, 11) is 0. The summed E-state index contributed by atoms with van der Waals surface area (Å²) in [5.41, 5.74) is 8.06. The number of benzene rings is 7. The number of hydrogen-bond donors (Lipinski definition) is 0. The lowest BCUT2D eigenvalue weighted by atomic mass is 10.0. The number of aromatic nitrogens is 5. The van der Waals surface area contributed by atoms with E-state index < -0.39 is 0 Å².